The van der Waals surface area contributed by atoms with Crippen molar-refractivity contribution in [1.29, 1.82) is 0 Å². The smallest absolute Gasteiger partial charge is 0.0728 e. The molecule has 1 aromatic carbocycles. The van der Waals surface area contributed by atoms with Crippen molar-refractivity contribution < 1.29 is 4.74 Å². The Hall–Kier alpha value is -0.380. The van der Waals surface area contributed by atoms with Crippen LogP contribution in [0.5, 0.6) is 0 Å². The van der Waals surface area contributed by atoms with E-state index in [1.807, 2.05) is 0 Å². The van der Waals surface area contributed by atoms with Crippen molar-refractivity contribution in [3.8, 4) is 0 Å². The van der Waals surface area contributed by atoms with E-state index in [4.69, 9.17) is 4.74 Å². The first-order valence-electron chi connectivity index (χ1n) is 7.31. The summed E-state index contributed by atoms with van der Waals surface area (Å²) in [6, 6.07) is 8.82. The molecule has 0 saturated carbocycles. The zero-order valence-electron chi connectivity index (χ0n) is 12.3. The predicted octanol–water partition coefficient (Wildman–Crippen LogP) is 4.17. The summed E-state index contributed by atoms with van der Waals surface area (Å²) in [6.07, 6.45) is 3.47. The predicted molar refractivity (Wildman–Crippen MR) is 85.6 cm³/mol. The maximum Gasteiger partial charge on any atom is 0.0728 e. The SMILES string of the molecule is CCCNC(Cc1ccccc1Br)C(CC)OCC. The number of ether oxygens (including phenoxy) is 1. The molecule has 1 aromatic rings. The van der Waals surface area contributed by atoms with Crippen LogP contribution in [0.4, 0.5) is 0 Å². The van der Waals surface area contributed by atoms with Gasteiger partial charge >= 0.3 is 0 Å². The first kappa shape index (κ1) is 16.7. The van der Waals surface area contributed by atoms with Crippen LogP contribution in [0.2, 0.25) is 0 Å². The molecule has 2 nitrogen and oxygen atoms in total. The lowest BCUT2D eigenvalue weighted by atomic mass is 9.99. The standard InChI is InChI=1S/C16H26BrNO/c1-4-11-18-15(16(5-2)19-6-3)12-13-9-7-8-10-14(13)17/h7-10,15-16,18H,4-6,11-12H2,1-3H3. The normalized spacial score (nSPS) is 14.3. The third-order valence-electron chi connectivity index (χ3n) is 3.29. The van der Waals surface area contributed by atoms with Crippen LogP contribution < -0.4 is 5.32 Å². The van der Waals surface area contributed by atoms with Crippen LogP contribution in [-0.2, 0) is 11.2 Å². The van der Waals surface area contributed by atoms with E-state index < -0.39 is 0 Å². The van der Waals surface area contributed by atoms with Gasteiger partial charge in [0.05, 0.1) is 6.10 Å². The summed E-state index contributed by atoms with van der Waals surface area (Å²) in [6.45, 7) is 8.28. The van der Waals surface area contributed by atoms with Gasteiger partial charge in [-0.05, 0) is 44.4 Å². The van der Waals surface area contributed by atoms with E-state index >= 15 is 0 Å². The molecule has 3 heteroatoms. The fourth-order valence-electron chi connectivity index (χ4n) is 2.30. The van der Waals surface area contributed by atoms with Gasteiger partial charge in [0, 0.05) is 17.1 Å². The molecule has 108 valence electrons. The number of rotatable bonds is 9. The van der Waals surface area contributed by atoms with Crippen LogP contribution in [0, 0.1) is 0 Å². The van der Waals surface area contributed by atoms with Crippen LogP contribution in [0.3, 0.4) is 0 Å². The quantitative estimate of drug-likeness (QED) is 0.734. The van der Waals surface area contributed by atoms with Gasteiger partial charge in [-0.1, -0.05) is 48.0 Å². The number of benzene rings is 1. The maximum atomic E-state index is 5.88. The van der Waals surface area contributed by atoms with Crippen LogP contribution in [0.15, 0.2) is 28.7 Å². The minimum atomic E-state index is 0.281. The molecule has 0 spiro atoms. The van der Waals surface area contributed by atoms with Gasteiger partial charge in [0.2, 0.25) is 0 Å². The van der Waals surface area contributed by atoms with Crippen molar-refractivity contribution in [3.05, 3.63) is 34.3 Å². The average molecular weight is 328 g/mol. The molecule has 0 aliphatic heterocycles. The molecule has 0 fully saturated rings. The highest BCUT2D eigenvalue weighted by Gasteiger charge is 2.20. The molecule has 2 atom stereocenters. The van der Waals surface area contributed by atoms with Gasteiger partial charge in [-0.15, -0.1) is 0 Å². The van der Waals surface area contributed by atoms with E-state index in [0.29, 0.717) is 6.04 Å². The van der Waals surface area contributed by atoms with Gasteiger partial charge < -0.3 is 10.1 Å². The fourth-order valence-corrected chi connectivity index (χ4v) is 2.74. The van der Waals surface area contributed by atoms with E-state index in [-0.39, 0.29) is 6.10 Å². The minimum Gasteiger partial charge on any atom is -0.377 e. The summed E-state index contributed by atoms with van der Waals surface area (Å²) < 4.78 is 7.07. The lowest BCUT2D eigenvalue weighted by molar-refractivity contribution is 0.0319. The first-order valence-corrected chi connectivity index (χ1v) is 8.10. The molecule has 1 N–H and O–H groups in total. The van der Waals surface area contributed by atoms with Gasteiger partial charge in [-0.25, -0.2) is 0 Å². The van der Waals surface area contributed by atoms with Crippen molar-refractivity contribution in [2.75, 3.05) is 13.2 Å². The largest absolute Gasteiger partial charge is 0.377 e. The summed E-state index contributed by atoms with van der Waals surface area (Å²) in [5, 5.41) is 3.64. The van der Waals surface area contributed by atoms with Crippen LogP contribution in [0.25, 0.3) is 0 Å². The Morgan fingerprint density at radius 2 is 1.95 bits per heavy atom. The minimum absolute atomic E-state index is 0.281. The molecule has 0 heterocycles. The molecular weight excluding hydrogens is 302 g/mol. The molecule has 0 aliphatic carbocycles. The van der Waals surface area contributed by atoms with E-state index in [2.05, 4.69) is 66.3 Å². The van der Waals surface area contributed by atoms with E-state index in [0.717, 1.165) is 32.4 Å². The van der Waals surface area contributed by atoms with Crippen molar-refractivity contribution in [2.45, 2.75) is 52.2 Å². The molecule has 0 bridgehead atoms. The highest BCUT2D eigenvalue weighted by atomic mass is 79.9. The number of hydrogen-bond donors (Lipinski definition) is 1. The summed E-state index contributed by atoms with van der Waals surface area (Å²) >= 11 is 3.63. The maximum absolute atomic E-state index is 5.88. The van der Waals surface area contributed by atoms with Crippen molar-refractivity contribution in [1.82, 2.24) is 5.32 Å². The number of hydrogen-bond acceptors (Lipinski definition) is 2. The number of halogens is 1. The zero-order chi connectivity index (χ0) is 14.1. The van der Waals surface area contributed by atoms with E-state index in [1.165, 1.54) is 10.0 Å². The Morgan fingerprint density at radius 3 is 2.53 bits per heavy atom. The molecule has 19 heavy (non-hydrogen) atoms. The van der Waals surface area contributed by atoms with Crippen LogP contribution in [0.1, 0.15) is 39.2 Å². The summed E-state index contributed by atoms with van der Waals surface area (Å²) in [7, 11) is 0. The monoisotopic (exact) mass is 327 g/mol. The second-order valence-corrected chi connectivity index (χ2v) is 5.61. The van der Waals surface area contributed by atoms with Gasteiger partial charge in [0.25, 0.3) is 0 Å². The molecule has 0 radical (unpaired) electrons. The lowest BCUT2D eigenvalue weighted by Crippen LogP contribution is -2.43. The molecule has 1 rings (SSSR count). The second kappa shape index (κ2) is 9.51. The van der Waals surface area contributed by atoms with E-state index in [1.54, 1.807) is 0 Å². The molecule has 0 aliphatic rings. The Kier molecular flexibility index (Phi) is 8.35. The lowest BCUT2D eigenvalue weighted by Gasteiger charge is -2.27. The van der Waals surface area contributed by atoms with E-state index in [9.17, 15) is 0 Å². The van der Waals surface area contributed by atoms with Crippen molar-refractivity contribution in [2.24, 2.45) is 0 Å². The molecule has 0 aromatic heterocycles. The summed E-state index contributed by atoms with van der Waals surface area (Å²) in [4.78, 5) is 0. The molecule has 0 saturated heterocycles. The Morgan fingerprint density at radius 1 is 1.21 bits per heavy atom. The van der Waals surface area contributed by atoms with Crippen molar-refractivity contribution >= 4 is 15.9 Å². The first-order chi connectivity index (χ1) is 9.22. The highest BCUT2D eigenvalue weighted by Crippen LogP contribution is 2.20. The van der Waals surface area contributed by atoms with Gasteiger partial charge in [-0.2, -0.15) is 0 Å². The fraction of sp³-hybridized carbons (Fsp3) is 0.625. The van der Waals surface area contributed by atoms with Gasteiger partial charge in [0.15, 0.2) is 0 Å². The number of nitrogens with one attached hydrogen (secondary N) is 1. The average Bonchev–Trinajstić information content (AvgIpc) is 2.43. The Balaban J connectivity index is 2.75. The topological polar surface area (TPSA) is 21.3 Å². The van der Waals surface area contributed by atoms with Crippen molar-refractivity contribution in [3.63, 3.8) is 0 Å². The Labute approximate surface area is 126 Å². The molecule has 2 unspecified atom stereocenters. The highest BCUT2D eigenvalue weighted by molar-refractivity contribution is 9.10. The summed E-state index contributed by atoms with van der Waals surface area (Å²) in [5.41, 5.74) is 1.34. The Bertz CT molecular complexity index is 356. The van der Waals surface area contributed by atoms with Crippen LogP contribution >= 0.6 is 15.9 Å². The third kappa shape index (κ3) is 5.64. The summed E-state index contributed by atoms with van der Waals surface area (Å²) in [5.74, 6) is 0. The molecule has 0 amide bonds. The zero-order valence-corrected chi connectivity index (χ0v) is 13.9. The van der Waals surface area contributed by atoms with Gasteiger partial charge in [-0.3, -0.25) is 0 Å². The second-order valence-electron chi connectivity index (χ2n) is 4.76. The van der Waals surface area contributed by atoms with Crippen LogP contribution in [-0.4, -0.2) is 25.3 Å². The molecular formula is C16H26BrNO. The van der Waals surface area contributed by atoms with Gasteiger partial charge in [0.1, 0.15) is 0 Å². The third-order valence-corrected chi connectivity index (χ3v) is 4.06.